The summed E-state index contributed by atoms with van der Waals surface area (Å²) in [5.74, 6) is 0. The molecule has 102 valence electrons. The van der Waals surface area contributed by atoms with Gasteiger partial charge in [0, 0.05) is 6.61 Å². The quantitative estimate of drug-likeness (QED) is 0.345. The van der Waals surface area contributed by atoms with Crippen molar-refractivity contribution in [2.24, 2.45) is 0 Å². The molecule has 0 bridgehead atoms. The second-order valence-electron chi connectivity index (χ2n) is 4.95. The SMILES string of the molecule is CCCCCCCCCC/C=C\CCCCO. The van der Waals surface area contributed by atoms with Crippen LogP contribution in [0.4, 0.5) is 0 Å². The van der Waals surface area contributed by atoms with E-state index in [1.807, 2.05) is 0 Å². The number of allylic oxidation sites excluding steroid dienone is 2. The fourth-order valence-corrected chi connectivity index (χ4v) is 2.01. The van der Waals surface area contributed by atoms with Crippen molar-refractivity contribution < 1.29 is 5.11 Å². The lowest BCUT2D eigenvalue weighted by molar-refractivity contribution is 0.285. The van der Waals surface area contributed by atoms with Gasteiger partial charge in [-0.05, 0) is 32.1 Å². The molecule has 0 radical (unpaired) electrons. The Morgan fingerprint density at radius 2 is 1.12 bits per heavy atom. The first-order valence-electron chi connectivity index (χ1n) is 7.67. The molecule has 0 atom stereocenters. The molecule has 1 nitrogen and oxygen atoms in total. The number of hydrogen-bond acceptors (Lipinski definition) is 1. The molecule has 0 aromatic rings. The van der Waals surface area contributed by atoms with Crippen molar-refractivity contribution in [1.29, 1.82) is 0 Å². The lowest BCUT2D eigenvalue weighted by Gasteiger charge is -1.99. The van der Waals surface area contributed by atoms with Gasteiger partial charge in [0.2, 0.25) is 0 Å². The van der Waals surface area contributed by atoms with E-state index in [0.717, 1.165) is 19.3 Å². The topological polar surface area (TPSA) is 20.2 Å². The summed E-state index contributed by atoms with van der Waals surface area (Å²) >= 11 is 0. The zero-order valence-corrected chi connectivity index (χ0v) is 11.8. The molecule has 0 amide bonds. The molecule has 1 N–H and O–H groups in total. The van der Waals surface area contributed by atoms with Crippen LogP contribution in [0.15, 0.2) is 12.2 Å². The molecule has 0 rings (SSSR count). The minimum Gasteiger partial charge on any atom is -0.396 e. The highest BCUT2D eigenvalue weighted by molar-refractivity contribution is 4.81. The average Bonchev–Trinajstić information content (AvgIpc) is 2.35. The van der Waals surface area contributed by atoms with Gasteiger partial charge < -0.3 is 5.11 Å². The second kappa shape index (κ2) is 15.7. The number of hydrogen-bond donors (Lipinski definition) is 1. The van der Waals surface area contributed by atoms with E-state index in [1.165, 1.54) is 57.8 Å². The Hall–Kier alpha value is -0.300. The summed E-state index contributed by atoms with van der Waals surface area (Å²) in [4.78, 5) is 0. The monoisotopic (exact) mass is 240 g/mol. The van der Waals surface area contributed by atoms with Gasteiger partial charge in [-0.2, -0.15) is 0 Å². The van der Waals surface area contributed by atoms with E-state index in [4.69, 9.17) is 5.11 Å². The fourth-order valence-electron chi connectivity index (χ4n) is 2.01. The highest BCUT2D eigenvalue weighted by Gasteiger charge is 1.90. The molecule has 0 heterocycles. The predicted molar refractivity (Wildman–Crippen MR) is 77.3 cm³/mol. The summed E-state index contributed by atoms with van der Waals surface area (Å²) in [6.07, 6.45) is 20.3. The third-order valence-corrected chi connectivity index (χ3v) is 3.17. The van der Waals surface area contributed by atoms with Crippen molar-refractivity contribution in [2.45, 2.75) is 84.0 Å². The maximum Gasteiger partial charge on any atom is 0.0431 e. The molecule has 0 fully saturated rings. The highest BCUT2D eigenvalue weighted by atomic mass is 16.2. The third kappa shape index (κ3) is 15.7. The first-order valence-corrected chi connectivity index (χ1v) is 7.67. The van der Waals surface area contributed by atoms with Crippen LogP contribution in [-0.2, 0) is 0 Å². The minimum absolute atomic E-state index is 0.339. The van der Waals surface area contributed by atoms with Crippen LogP contribution in [0.25, 0.3) is 0 Å². The van der Waals surface area contributed by atoms with Crippen LogP contribution in [0.1, 0.15) is 84.0 Å². The molecule has 0 aliphatic heterocycles. The van der Waals surface area contributed by atoms with Crippen LogP contribution in [0.5, 0.6) is 0 Å². The van der Waals surface area contributed by atoms with E-state index in [1.54, 1.807) is 0 Å². The molecule has 0 aliphatic rings. The Kier molecular flexibility index (Phi) is 15.4. The van der Waals surface area contributed by atoms with Crippen molar-refractivity contribution in [3.63, 3.8) is 0 Å². The molecular formula is C16H32O. The van der Waals surface area contributed by atoms with Gasteiger partial charge >= 0.3 is 0 Å². The zero-order chi connectivity index (χ0) is 12.6. The average molecular weight is 240 g/mol. The van der Waals surface area contributed by atoms with Gasteiger partial charge in [-0.1, -0.05) is 64.0 Å². The first-order chi connectivity index (χ1) is 8.41. The van der Waals surface area contributed by atoms with Crippen LogP contribution >= 0.6 is 0 Å². The summed E-state index contributed by atoms with van der Waals surface area (Å²) in [5.41, 5.74) is 0. The van der Waals surface area contributed by atoms with Crippen molar-refractivity contribution >= 4 is 0 Å². The Bertz CT molecular complexity index is 152. The first kappa shape index (κ1) is 16.7. The summed E-state index contributed by atoms with van der Waals surface area (Å²) < 4.78 is 0. The predicted octanol–water partition coefficient (Wildman–Crippen LogP) is 5.24. The Morgan fingerprint density at radius 3 is 1.65 bits per heavy atom. The van der Waals surface area contributed by atoms with E-state index < -0.39 is 0 Å². The standard InChI is InChI=1S/C16H32O/c1-2-3-4-5-6-7-8-9-10-11-12-13-14-15-16-17/h11-12,17H,2-10,13-16H2,1H3/b12-11-. The molecular weight excluding hydrogens is 208 g/mol. The number of aliphatic hydroxyl groups is 1. The maximum atomic E-state index is 8.62. The summed E-state index contributed by atoms with van der Waals surface area (Å²) in [7, 11) is 0. The van der Waals surface area contributed by atoms with Gasteiger partial charge in [-0.15, -0.1) is 0 Å². The molecule has 1 heteroatoms. The molecule has 0 saturated carbocycles. The summed E-state index contributed by atoms with van der Waals surface area (Å²) in [6, 6.07) is 0. The number of aliphatic hydroxyl groups excluding tert-OH is 1. The number of rotatable bonds is 13. The third-order valence-electron chi connectivity index (χ3n) is 3.17. The molecule has 0 spiro atoms. The van der Waals surface area contributed by atoms with Crippen molar-refractivity contribution in [3.8, 4) is 0 Å². The molecule has 0 aromatic heterocycles. The van der Waals surface area contributed by atoms with Crippen molar-refractivity contribution in [1.82, 2.24) is 0 Å². The van der Waals surface area contributed by atoms with Gasteiger partial charge in [0.1, 0.15) is 0 Å². The van der Waals surface area contributed by atoms with Gasteiger partial charge in [0.25, 0.3) is 0 Å². The van der Waals surface area contributed by atoms with Crippen LogP contribution in [0, 0.1) is 0 Å². The van der Waals surface area contributed by atoms with Crippen molar-refractivity contribution in [2.75, 3.05) is 6.61 Å². The van der Waals surface area contributed by atoms with Crippen LogP contribution < -0.4 is 0 Å². The van der Waals surface area contributed by atoms with Crippen LogP contribution in [-0.4, -0.2) is 11.7 Å². The largest absolute Gasteiger partial charge is 0.396 e. The molecule has 17 heavy (non-hydrogen) atoms. The van der Waals surface area contributed by atoms with Crippen molar-refractivity contribution in [3.05, 3.63) is 12.2 Å². The van der Waals surface area contributed by atoms with E-state index >= 15 is 0 Å². The van der Waals surface area contributed by atoms with Gasteiger partial charge in [-0.3, -0.25) is 0 Å². The van der Waals surface area contributed by atoms with Gasteiger partial charge in [0.15, 0.2) is 0 Å². The Balaban J connectivity index is 2.97. The van der Waals surface area contributed by atoms with E-state index in [9.17, 15) is 0 Å². The lowest BCUT2D eigenvalue weighted by atomic mass is 10.1. The number of unbranched alkanes of at least 4 members (excludes halogenated alkanes) is 10. The Morgan fingerprint density at radius 1 is 0.647 bits per heavy atom. The highest BCUT2D eigenvalue weighted by Crippen LogP contribution is 2.09. The van der Waals surface area contributed by atoms with Gasteiger partial charge in [0.05, 0.1) is 0 Å². The molecule has 0 aromatic carbocycles. The lowest BCUT2D eigenvalue weighted by Crippen LogP contribution is -1.81. The van der Waals surface area contributed by atoms with Crippen LogP contribution in [0.2, 0.25) is 0 Å². The Labute approximate surface area is 108 Å². The zero-order valence-electron chi connectivity index (χ0n) is 11.8. The van der Waals surface area contributed by atoms with E-state index in [0.29, 0.717) is 6.61 Å². The molecule has 0 unspecified atom stereocenters. The van der Waals surface area contributed by atoms with E-state index in [-0.39, 0.29) is 0 Å². The summed E-state index contributed by atoms with van der Waals surface area (Å²) in [5, 5.41) is 8.62. The minimum atomic E-state index is 0.339. The fraction of sp³-hybridized carbons (Fsp3) is 0.875. The van der Waals surface area contributed by atoms with E-state index in [2.05, 4.69) is 19.1 Å². The molecule has 0 aliphatic carbocycles. The second-order valence-corrected chi connectivity index (χ2v) is 4.95. The molecule has 0 saturated heterocycles. The maximum absolute atomic E-state index is 8.62. The smallest absolute Gasteiger partial charge is 0.0431 e. The van der Waals surface area contributed by atoms with Crippen LogP contribution in [0.3, 0.4) is 0 Å². The summed E-state index contributed by atoms with van der Waals surface area (Å²) in [6.45, 7) is 2.61. The van der Waals surface area contributed by atoms with Gasteiger partial charge in [-0.25, -0.2) is 0 Å². The normalized spacial score (nSPS) is 11.4.